The third kappa shape index (κ3) is 3.71. The van der Waals surface area contributed by atoms with Crippen LogP contribution in [0.3, 0.4) is 0 Å². The van der Waals surface area contributed by atoms with E-state index in [1.807, 2.05) is 23.1 Å². The molecule has 122 valence electrons. The number of nitrogens with zero attached hydrogens (tertiary/aromatic N) is 1. The summed E-state index contributed by atoms with van der Waals surface area (Å²) in [5.41, 5.74) is 6.77. The van der Waals surface area contributed by atoms with Crippen molar-refractivity contribution in [2.75, 3.05) is 27.3 Å². The van der Waals surface area contributed by atoms with Gasteiger partial charge in [-0.1, -0.05) is 13.0 Å². The number of carbonyl (C=O) groups excluding carboxylic acids is 1. The van der Waals surface area contributed by atoms with Gasteiger partial charge in [-0.15, -0.1) is 0 Å². The highest BCUT2D eigenvalue weighted by Crippen LogP contribution is 2.28. The van der Waals surface area contributed by atoms with Crippen LogP contribution in [0.5, 0.6) is 11.5 Å². The monoisotopic (exact) mass is 306 g/mol. The molecule has 2 N–H and O–H groups in total. The van der Waals surface area contributed by atoms with Crippen LogP contribution < -0.4 is 15.2 Å². The lowest BCUT2D eigenvalue weighted by Crippen LogP contribution is -2.49. The summed E-state index contributed by atoms with van der Waals surface area (Å²) in [6.45, 7) is 3.55. The number of carbonyl (C=O) groups is 1. The summed E-state index contributed by atoms with van der Waals surface area (Å²) in [5.74, 6) is 2.09. The number of hydrogen-bond acceptors (Lipinski definition) is 4. The van der Waals surface area contributed by atoms with Crippen LogP contribution in [0, 0.1) is 5.92 Å². The van der Waals surface area contributed by atoms with Crippen molar-refractivity contribution in [2.24, 2.45) is 11.7 Å². The highest BCUT2D eigenvalue weighted by molar-refractivity contribution is 5.79. The van der Waals surface area contributed by atoms with E-state index >= 15 is 0 Å². The molecule has 1 saturated heterocycles. The van der Waals surface area contributed by atoms with Crippen molar-refractivity contribution in [3.8, 4) is 11.5 Å². The first-order valence-electron chi connectivity index (χ1n) is 7.79. The molecule has 22 heavy (non-hydrogen) atoms. The number of amides is 1. The third-order valence-electron chi connectivity index (χ3n) is 4.37. The first kappa shape index (κ1) is 16.6. The van der Waals surface area contributed by atoms with Crippen LogP contribution in [0.1, 0.15) is 25.3 Å². The Bertz CT molecular complexity index is 519. The highest BCUT2D eigenvalue weighted by Gasteiger charge is 2.28. The summed E-state index contributed by atoms with van der Waals surface area (Å²) >= 11 is 0. The van der Waals surface area contributed by atoms with Crippen LogP contribution in [0.2, 0.25) is 0 Å². The molecule has 2 atom stereocenters. The van der Waals surface area contributed by atoms with Gasteiger partial charge in [-0.3, -0.25) is 4.79 Å². The van der Waals surface area contributed by atoms with E-state index in [4.69, 9.17) is 15.2 Å². The van der Waals surface area contributed by atoms with Gasteiger partial charge in [0, 0.05) is 19.1 Å². The van der Waals surface area contributed by atoms with Crippen molar-refractivity contribution in [2.45, 2.75) is 32.2 Å². The molecular weight excluding hydrogens is 280 g/mol. The molecule has 1 fully saturated rings. The van der Waals surface area contributed by atoms with Crippen LogP contribution in [0.25, 0.3) is 0 Å². The lowest BCUT2D eigenvalue weighted by Gasteiger charge is -2.38. The van der Waals surface area contributed by atoms with Gasteiger partial charge >= 0.3 is 0 Å². The molecule has 0 radical (unpaired) electrons. The lowest BCUT2D eigenvalue weighted by atomic mass is 9.92. The summed E-state index contributed by atoms with van der Waals surface area (Å²) in [6.07, 6.45) is 2.41. The molecule has 1 aromatic rings. The Morgan fingerprint density at radius 3 is 2.68 bits per heavy atom. The number of benzene rings is 1. The van der Waals surface area contributed by atoms with E-state index in [0.717, 1.165) is 24.9 Å². The molecule has 0 aliphatic carbocycles. The number of likely N-dealkylation sites (tertiary alicyclic amines) is 1. The Morgan fingerprint density at radius 1 is 1.32 bits per heavy atom. The Morgan fingerprint density at radius 2 is 2.05 bits per heavy atom. The standard InChI is InChI=1S/C17H26N2O3/c1-12-6-7-19(14(8-12)11-18)17(20)10-13-4-5-15(21-2)16(9-13)22-3/h4-5,9,12,14H,6-8,10-11,18H2,1-3H3. The van der Waals surface area contributed by atoms with Crippen LogP contribution in [-0.2, 0) is 11.2 Å². The van der Waals surface area contributed by atoms with Gasteiger partial charge in [0.05, 0.1) is 20.6 Å². The Hall–Kier alpha value is -1.75. The quantitative estimate of drug-likeness (QED) is 0.901. The number of nitrogens with two attached hydrogens (primary N) is 1. The van der Waals surface area contributed by atoms with Gasteiger partial charge in [-0.05, 0) is 36.5 Å². The van der Waals surface area contributed by atoms with Gasteiger partial charge in [0.15, 0.2) is 11.5 Å². The fourth-order valence-electron chi connectivity index (χ4n) is 3.07. The molecule has 1 aliphatic rings. The second-order valence-corrected chi connectivity index (χ2v) is 5.97. The molecule has 0 spiro atoms. The van der Waals surface area contributed by atoms with E-state index in [1.165, 1.54) is 0 Å². The molecule has 5 nitrogen and oxygen atoms in total. The maximum Gasteiger partial charge on any atom is 0.227 e. The maximum absolute atomic E-state index is 12.6. The van der Waals surface area contributed by atoms with Crippen LogP contribution in [0.4, 0.5) is 0 Å². The molecule has 0 aromatic heterocycles. The average molecular weight is 306 g/mol. The molecule has 1 heterocycles. The molecule has 0 saturated carbocycles. The second-order valence-electron chi connectivity index (χ2n) is 5.97. The van der Waals surface area contributed by atoms with E-state index in [1.54, 1.807) is 14.2 Å². The van der Waals surface area contributed by atoms with Crippen LogP contribution in [-0.4, -0.2) is 44.2 Å². The van der Waals surface area contributed by atoms with Crippen molar-refractivity contribution in [3.05, 3.63) is 23.8 Å². The molecular formula is C17H26N2O3. The van der Waals surface area contributed by atoms with E-state index in [0.29, 0.717) is 30.4 Å². The van der Waals surface area contributed by atoms with Gasteiger partial charge in [0.2, 0.25) is 5.91 Å². The van der Waals surface area contributed by atoms with Crippen molar-refractivity contribution >= 4 is 5.91 Å². The van der Waals surface area contributed by atoms with E-state index < -0.39 is 0 Å². The van der Waals surface area contributed by atoms with Crippen molar-refractivity contribution in [1.82, 2.24) is 4.90 Å². The number of hydrogen-bond donors (Lipinski definition) is 1. The summed E-state index contributed by atoms with van der Waals surface area (Å²) in [6, 6.07) is 5.76. The molecule has 1 amide bonds. The molecule has 0 bridgehead atoms. The van der Waals surface area contributed by atoms with Crippen LogP contribution >= 0.6 is 0 Å². The number of piperidine rings is 1. The van der Waals surface area contributed by atoms with Crippen molar-refractivity contribution in [1.29, 1.82) is 0 Å². The summed E-state index contributed by atoms with van der Waals surface area (Å²) in [5, 5.41) is 0. The first-order valence-corrected chi connectivity index (χ1v) is 7.79. The van der Waals surface area contributed by atoms with E-state index in [2.05, 4.69) is 6.92 Å². The second kappa shape index (κ2) is 7.49. The zero-order valence-corrected chi connectivity index (χ0v) is 13.7. The summed E-state index contributed by atoms with van der Waals surface area (Å²) in [7, 11) is 3.20. The fraction of sp³-hybridized carbons (Fsp3) is 0.588. The topological polar surface area (TPSA) is 64.8 Å². The maximum atomic E-state index is 12.6. The Labute approximate surface area is 132 Å². The SMILES string of the molecule is COc1ccc(CC(=O)N2CCC(C)CC2CN)cc1OC. The molecule has 2 unspecified atom stereocenters. The molecule has 2 rings (SSSR count). The largest absolute Gasteiger partial charge is 0.493 e. The minimum absolute atomic E-state index is 0.134. The number of ether oxygens (including phenoxy) is 2. The number of methoxy groups -OCH3 is 2. The summed E-state index contributed by atoms with van der Waals surface area (Å²) in [4.78, 5) is 14.5. The minimum Gasteiger partial charge on any atom is -0.493 e. The van der Waals surface area contributed by atoms with Gasteiger partial charge in [-0.2, -0.15) is 0 Å². The lowest BCUT2D eigenvalue weighted by molar-refractivity contribution is -0.134. The first-order chi connectivity index (χ1) is 10.6. The highest BCUT2D eigenvalue weighted by atomic mass is 16.5. The van der Waals surface area contributed by atoms with Crippen LogP contribution in [0.15, 0.2) is 18.2 Å². The van der Waals surface area contributed by atoms with Gasteiger partial charge in [-0.25, -0.2) is 0 Å². The summed E-state index contributed by atoms with van der Waals surface area (Å²) < 4.78 is 10.5. The van der Waals surface area contributed by atoms with Crippen molar-refractivity contribution < 1.29 is 14.3 Å². The van der Waals surface area contributed by atoms with E-state index in [-0.39, 0.29) is 11.9 Å². The third-order valence-corrected chi connectivity index (χ3v) is 4.37. The smallest absolute Gasteiger partial charge is 0.227 e. The molecule has 1 aliphatic heterocycles. The molecule has 1 aromatic carbocycles. The zero-order valence-electron chi connectivity index (χ0n) is 13.7. The van der Waals surface area contributed by atoms with E-state index in [9.17, 15) is 4.79 Å². The van der Waals surface area contributed by atoms with Crippen molar-refractivity contribution in [3.63, 3.8) is 0 Å². The predicted molar refractivity (Wildman–Crippen MR) is 86.2 cm³/mol. The Balaban J connectivity index is 2.08. The average Bonchev–Trinajstić information content (AvgIpc) is 2.54. The number of rotatable bonds is 5. The Kier molecular flexibility index (Phi) is 5.66. The zero-order chi connectivity index (χ0) is 16.1. The normalized spacial score (nSPS) is 21.5. The van der Waals surface area contributed by atoms with Gasteiger partial charge < -0.3 is 20.1 Å². The predicted octanol–water partition coefficient (Wildman–Crippen LogP) is 1.83. The van der Waals surface area contributed by atoms with Gasteiger partial charge in [0.25, 0.3) is 0 Å². The minimum atomic E-state index is 0.134. The van der Waals surface area contributed by atoms with Gasteiger partial charge in [0.1, 0.15) is 0 Å². The fourth-order valence-corrected chi connectivity index (χ4v) is 3.07. The molecule has 5 heteroatoms.